The molecule has 0 saturated heterocycles. The largest absolute Gasteiger partial charge is 0.318 e. The molecule has 0 bridgehead atoms. The second kappa shape index (κ2) is 5.05. The second-order valence-corrected chi connectivity index (χ2v) is 3.67. The van der Waals surface area contributed by atoms with Crippen LogP contribution in [0.4, 0.5) is 14.5 Å². The van der Waals surface area contributed by atoms with Crippen molar-refractivity contribution in [3.05, 3.63) is 53.1 Å². The standard InChI is InChI=1S/C11H6ClF2N3O/c12-9-5-15-8(4-16-9)11(18)17-7-3-1-2-6(13)10(7)14/h1-5H,(H,17,18). The zero-order valence-electron chi connectivity index (χ0n) is 8.82. The number of hydrogen-bond acceptors (Lipinski definition) is 3. The molecule has 0 spiro atoms. The van der Waals surface area contributed by atoms with Gasteiger partial charge in [-0.1, -0.05) is 17.7 Å². The average Bonchev–Trinajstić information content (AvgIpc) is 2.36. The van der Waals surface area contributed by atoms with E-state index in [0.717, 1.165) is 12.3 Å². The van der Waals surface area contributed by atoms with Crippen molar-refractivity contribution in [1.29, 1.82) is 0 Å². The molecule has 0 atom stereocenters. The van der Waals surface area contributed by atoms with Crippen molar-refractivity contribution in [1.82, 2.24) is 9.97 Å². The Hall–Kier alpha value is -2.08. The predicted octanol–water partition coefficient (Wildman–Crippen LogP) is 2.66. The Morgan fingerprint density at radius 2 is 2.00 bits per heavy atom. The molecule has 0 radical (unpaired) electrons. The average molecular weight is 270 g/mol. The first kappa shape index (κ1) is 12.4. The third kappa shape index (κ3) is 2.60. The Balaban J connectivity index is 2.21. The van der Waals surface area contributed by atoms with Crippen LogP contribution >= 0.6 is 11.6 Å². The lowest BCUT2D eigenvalue weighted by Crippen LogP contribution is -2.15. The van der Waals surface area contributed by atoms with Gasteiger partial charge in [-0.15, -0.1) is 0 Å². The minimum absolute atomic E-state index is 0.0527. The minimum atomic E-state index is -1.13. The van der Waals surface area contributed by atoms with E-state index in [1.807, 2.05) is 0 Å². The lowest BCUT2D eigenvalue weighted by molar-refractivity contribution is 0.102. The molecule has 2 rings (SSSR count). The maximum atomic E-state index is 13.3. The molecule has 0 aliphatic heterocycles. The van der Waals surface area contributed by atoms with Crippen molar-refractivity contribution < 1.29 is 13.6 Å². The van der Waals surface area contributed by atoms with Gasteiger partial charge in [0.25, 0.3) is 5.91 Å². The number of halogens is 3. The molecular weight excluding hydrogens is 264 g/mol. The second-order valence-electron chi connectivity index (χ2n) is 3.28. The first-order valence-corrected chi connectivity index (χ1v) is 5.18. The number of anilines is 1. The smallest absolute Gasteiger partial charge is 0.275 e. The molecule has 2 aromatic rings. The van der Waals surface area contributed by atoms with E-state index in [9.17, 15) is 13.6 Å². The summed E-state index contributed by atoms with van der Waals surface area (Å²) in [4.78, 5) is 19.0. The summed E-state index contributed by atoms with van der Waals surface area (Å²) in [6.07, 6.45) is 2.31. The van der Waals surface area contributed by atoms with Crippen LogP contribution in [0.1, 0.15) is 10.5 Å². The molecular formula is C11H6ClF2N3O. The molecule has 1 amide bonds. The van der Waals surface area contributed by atoms with Crippen LogP contribution in [0.2, 0.25) is 5.15 Å². The highest BCUT2D eigenvalue weighted by Crippen LogP contribution is 2.17. The van der Waals surface area contributed by atoms with Crippen LogP contribution in [0.15, 0.2) is 30.6 Å². The summed E-state index contributed by atoms with van der Waals surface area (Å²) in [6.45, 7) is 0. The number of rotatable bonds is 2. The van der Waals surface area contributed by atoms with E-state index in [-0.39, 0.29) is 16.5 Å². The number of nitrogens with zero attached hydrogens (tertiary/aromatic N) is 2. The molecule has 1 aromatic heterocycles. The van der Waals surface area contributed by atoms with Crippen LogP contribution in [0.3, 0.4) is 0 Å². The van der Waals surface area contributed by atoms with Crippen molar-refractivity contribution in [2.75, 3.05) is 5.32 Å². The molecule has 1 N–H and O–H groups in total. The van der Waals surface area contributed by atoms with E-state index >= 15 is 0 Å². The Bertz CT molecular complexity index is 589. The minimum Gasteiger partial charge on any atom is -0.318 e. The summed E-state index contributed by atoms with van der Waals surface area (Å²) in [5, 5.41) is 2.32. The molecule has 1 aromatic carbocycles. The van der Waals surface area contributed by atoms with Gasteiger partial charge in [-0.25, -0.2) is 18.7 Å². The highest BCUT2D eigenvalue weighted by molar-refractivity contribution is 6.29. The number of hydrogen-bond donors (Lipinski definition) is 1. The molecule has 18 heavy (non-hydrogen) atoms. The number of carbonyl (C=O) groups is 1. The van der Waals surface area contributed by atoms with E-state index in [1.54, 1.807) is 0 Å². The van der Waals surface area contributed by atoms with Crippen LogP contribution in [0.5, 0.6) is 0 Å². The molecule has 1 heterocycles. The zero-order chi connectivity index (χ0) is 13.1. The Morgan fingerprint density at radius 3 is 2.67 bits per heavy atom. The first-order valence-electron chi connectivity index (χ1n) is 4.81. The van der Waals surface area contributed by atoms with Gasteiger partial charge in [0.15, 0.2) is 11.6 Å². The maximum Gasteiger partial charge on any atom is 0.275 e. The normalized spacial score (nSPS) is 10.2. The molecule has 4 nitrogen and oxygen atoms in total. The molecule has 0 fully saturated rings. The number of amides is 1. The van der Waals surface area contributed by atoms with Gasteiger partial charge in [0.2, 0.25) is 0 Å². The third-order valence-corrected chi connectivity index (χ3v) is 2.25. The van der Waals surface area contributed by atoms with Crippen LogP contribution in [0.25, 0.3) is 0 Å². The number of aromatic nitrogens is 2. The summed E-state index contributed by atoms with van der Waals surface area (Å²) < 4.78 is 26.2. The number of benzene rings is 1. The molecule has 7 heteroatoms. The van der Waals surface area contributed by atoms with Crippen LogP contribution in [0, 0.1) is 11.6 Å². The van der Waals surface area contributed by atoms with E-state index in [1.165, 1.54) is 18.3 Å². The zero-order valence-corrected chi connectivity index (χ0v) is 9.58. The van der Waals surface area contributed by atoms with E-state index in [4.69, 9.17) is 11.6 Å². The summed E-state index contributed by atoms with van der Waals surface area (Å²) in [6, 6.07) is 3.47. The number of carbonyl (C=O) groups excluding carboxylic acids is 1. The van der Waals surface area contributed by atoms with Gasteiger partial charge >= 0.3 is 0 Å². The van der Waals surface area contributed by atoms with Gasteiger partial charge in [-0.2, -0.15) is 0 Å². The first-order chi connectivity index (χ1) is 8.58. The van der Waals surface area contributed by atoms with Crippen LogP contribution in [-0.2, 0) is 0 Å². The van der Waals surface area contributed by atoms with E-state index in [0.29, 0.717) is 0 Å². The fourth-order valence-electron chi connectivity index (χ4n) is 1.22. The highest BCUT2D eigenvalue weighted by Gasteiger charge is 2.13. The number of nitrogens with one attached hydrogen (secondary N) is 1. The van der Waals surface area contributed by atoms with Crippen LogP contribution < -0.4 is 5.32 Å². The fraction of sp³-hybridized carbons (Fsp3) is 0. The quantitative estimate of drug-likeness (QED) is 0.912. The van der Waals surface area contributed by atoms with Gasteiger partial charge in [0.1, 0.15) is 10.8 Å². The van der Waals surface area contributed by atoms with Gasteiger partial charge < -0.3 is 5.32 Å². The lowest BCUT2D eigenvalue weighted by atomic mass is 10.3. The topological polar surface area (TPSA) is 54.9 Å². The molecule has 92 valence electrons. The maximum absolute atomic E-state index is 13.3. The van der Waals surface area contributed by atoms with Crippen molar-refractivity contribution in [3.8, 4) is 0 Å². The Kier molecular flexibility index (Phi) is 3.47. The van der Waals surface area contributed by atoms with Crippen LogP contribution in [-0.4, -0.2) is 15.9 Å². The molecule has 0 saturated carbocycles. The lowest BCUT2D eigenvalue weighted by Gasteiger charge is -2.05. The third-order valence-electron chi connectivity index (χ3n) is 2.05. The predicted molar refractivity (Wildman–Crippen MR) is 61.4 cm³/mol. The summed E-state index contributed by atoms with van der Waals surface area (Å²) >= 11 is 5.51. The SMILES string of the molecule is O=C(Nc1cccc(F)c1F)c1cnc(Cl)cn1. The molecule has 0 aliphatic carbocycles. The van der Waals surface area contributed by atoms with Crippen molar-refractivity contribution >= 4 is 23.2 Å². The van der Waals surface area contributed by atoms with Crippen molar-refractivity contribution in [3.63, 3.8) is 0 Å². The molecule has 0 unspecified atom stereocenters. The van der Waals surface area contributed by atoms with Gasteiger partial charge in [0.05, 0.1) is 18.1 Å². The van der Waals surface area contributed by atoms with Gasteiger partial charge in [-0.05, 0) is 12.1 Å². The highest BCUT2D eigenvalue weighted by atomic mass is 35.5. The molecule has 0 aliphatic rings. The Morgan fingerprint density at radius 1 is 1.22 bits per heavy atom. The Labute approximate surface area is 106 Å². The van der Waals surface area contributed by atoms with E-state index < -0.39 is 17.5 Å². The monoisotopic (exact) mass is 269 g/mol. The van der Waals surface area contributed by atoms with Crippen molar-refractivity contribution in [2.45, 2.75) is 0 Å². The van der Waals surface area contributed by atoms with E-state index in [2.05, 4.69) is 15.3 Å². The van der Waals surface area contributed by atoms with Gasteiger partial charge in [-0.3, -0.25) is 4.79 Å². The fourth-order valence-corrected chi connectivity index (χ4v) is 1.31. The summed E-state index contributed by atoms with van der Waals surface area (Å²) in [7, 11) is 0. The van der Waals surface area contributed by atoms with Gasteiger partial charge in [0, 0.05) is 0 Å². The summed E-state index contributed by atoms with van der Waals surface area (Å²) in [5.74, 6) is -2.88. The van der Waals surface area contributed by atoms with Crippen molar-refractivity contribution in [2.24, 2.45) is 0 Å². The summed E-state index contributed by atoms with van der Waals surface area (Å²) in [5.41, 5.74) is -0.320.